The van der Waals surface area contributed by atoms with Crippen molar-refractivity contribution in [3.05, 3.63) is 11.9 Å². The van der Waals surface area contributed by atoms with Crippen molar-refractivity contribution in [1.29, 1.82) is 0 Å². The highest BCUT2D eigenvalue weighted by atomic mass is 19.1. The first-order valence-corrected chi connectivity index (χ1v) is 5.49. The molecule has 1 heterocycles. The number of hydrogen-bond donors (Lipinski definition) is 0. The van der Waals surface area contributed by atoms with E-state index >= 15 is 0 Å². The summed E-state index contributed by atoms with van der Waals surface area (Å²) in [4.78, 5) is 17.2. The minimum absolute atomic E-state index is 0.450. The molecule has 0 atom stereocenters. The molecule has 0 radical (unpaired) electrons. The molecule has 0 unspecified atom stereocenters. The number of carbonyl (C=O) groups excluding carboxylic acids is 1. The van der Waals surface area contributed by atoms with E-state index in [1.807, 2.05) is 26.0 Å². The van der Waals surface area contributed by atoms with Crippen LogP contribution >= 0.6 is 0 Å². The Morgan fingerprint density at radius 3 is 2.38 bits per heavy atom. The second-order valence-corrected chi connectivity index (χ2v) is 4.41. The third-order valence-corrected chi connectivity index (χ3v) is 2.63. The Morgan fingerprint density at radius 1 is 1.31 bits per heavy atom. The monoisotopic (exact) mass is 229 g/mol. The van der Waals surface area contributed by atoms with E-state index in [2.05, 4.69) is 4.90 Å². The average molecular weight is 229 g/mol. The zero-order valence-corrected chi connectivity index (χ0v) is 10.2. The molecule has 0 spiro atoms. The number of carbonyl (C=O) groups is 1. The van der Waals surface area contributed by atoms with Gasteiger partial charge in [-0.05, 0) is 27.2 Å². The molecule has 1 fully saturated rings. The summed E-state index contributed by atoms with van der Waals surface area (Å²) in [6.07, 6.45) is 1.33. The number of likely N-dealkylation sites (N-methyl/N-ethyl adjacent to an activating group) is 2. The number of amides is 1. The topological polar surface area (TPSA) is 26.8 Å². The van der Waals surface area contributed by atoms with Gasteiger partial charge in [0.25, 0.3) is 5.91 Å². The highest BCUT2D eigenvalue weighted by molar-refractivity contribution is 5.91. The maximum Gasteiger partial charge on any atom is 0.282 e. The van der Waals surface area contributed by atoms with E-state index in [1.165, 1.54) is 6.08 Å². The molecule has 1 aliphatic heterocycles. The van der Waals surface area contributed by atoms with Gasteiger partial charge in [0.15, 0.2) is 5.83 Å². The Balaban J connectivity index is 2.47. The van der Waals surface area contributed by atoms with Crippen LogP contribution < -0.4 is 0 Å². The number of hydrogen-bond acceptors (Lipinski definition) is 3. The lowest BCUT2D eigenvalue weighted by Crippen LogP contribution is -2.47. The van der Waals surface area contributed by atoms with Gasteiger partial charge in [0.1, 0.15) is 0 Å². The van der Waals surface area contributed by atoms with Crippen LogP contribution in [0.2, 0.25) is 0 Å². The molecule has 92 valence electrons. The standard InChI is InChI=1S/C11H20FN3O/c1-13(2)5-4-10(12)11(16)15-8-6-14(3)7-9-15/h4H,5-9H2,1-3H3/b10-4-. The van der Waals surface area contributed by atoms with Gasteiger partial charge >= 0.3 is 0 Å². The number of nitrogens with zero attached hydrogens (tertiary/aromatic N) is 3. The summed E-state index contributed by atoms with van der Waals surface area (Å²) < 4.78 is 13.5. The van der Waals surface area contributed by atoms with Crippen LogP contribution in [-0.2, 0) is 4.79 Å². The fourth-order valence-electron chi connectivity index (χ4n) is 1.51. The summed E-state index contributed by atoms with van der Waals surface area (Å²) in [6, 6.07) is 0. The molecule has 0 N–H and O–H groups in total. The zero-order chi connectivity index (χ0) is 12.1. The van der Waals surface area contributed by atoms with Gasteiger partial charge in [0, 0.05) is 32.7 Å². The number of piperazine rings is 1. The molecule has 1 rings (SSSR count). The molecule has 0 saturated carbocycles. The highest BCUT2D eigenvalue weighted by Gasteiger charge is 2.21. The lowest BCUT2D eigenvalue weighted by molar-refractivity contribution is -0.130. The second-order valence-electron chi connectivity index (χ2n) is 4.41. The van der Waals surface area contributed by atoms with Gasteiger partial charge < -0.3 is 14.7 Å². The fourth-order valence-corrected chi connectivity index (χ4v) is 1.51. The van der Waals surface area contributed by atoms with E-state index in [0.29, 0.717) is 19.6 Å². The number of halogens is 1. The summed E-state index contributed by atoms with van der Waals surface area (Å²) >= 11 is 0. The summed E-state index contributed by atoms with van der Waals surface area (Å²) in [7, 11) is 5.67. The molecule has 0 bridgehead atoms. The molecule has 16 heavy (non-hydrogen) atoms. The van der Waals surface area contributed by atoms with E-state index in [1.54, 1.807) is 4.90 Å². The van der Waals surface area contributed by atoms with Gasteiger partial charge in [-0.15, -0.1) is 0 Å². The largest absolute Gasteiger partial charge is 0.334 e. The van der Waals surface area contributed by atoms with Crippen LogP contribution in [0.15, 0.2) is 11.9 Å². The van der Waals surface area contributed by atoms with Gasteiger partial charge in [-0.2, -0.15) is 0 Å². The molecular weight excluding hydrogens is 209 g/mol. The maximum absolute atomic E-state index is 13.5. The van der Waals surface area contributed by atoms with Gasteiger partial charge in [-0.1, -0.05) is 0 Å². The van der Waals surface area contributed by atoms with Crippen molar-refractivity contribution in [2.24, 2.45) is 0 Å². The minimum atomic E-state index is -0.641. The number of rotatable bonds is 3. The summed E-state index contributed by atoms with van der Waals surface area (Å²) in [6.45, 7) is 3.29. The van der Waals surface area contributed by atoms with Crippen LogP contribution in [0.4, 0.5) is 4.39 Å². The molecule has 0 aromatic carbocycles. The Morgan fingerprint density at radius 2 is 1.88 bits per heavy atom. The van der Waals surface area contributed by atoms with Crippen molar-refractivity contribution in [3.8, 4) is 0 Å². The van der Waals surface area contributed by atoms with Crippen molar-refractivity contribution < 1.29 is 9.18 Å². The van der Waals surface area contributed by atoms with Crippen molar-refractivity contribution >= 4 is 5.91 Å². The molecule has 4 nitrogen and oxygen atoms in total. The lowest BCUT2D eigenvalue weighted by atomic mass is 10.3. The summed E-state index contributed by atoms with van der Waals surface area (Å²) in [5.41, 5.74) is 0. The predicted molar refractivity (Wildman–Crippen MR) is 61.8 cm³/mol. The van der Waals surface area contributed by atoms with Crippen molar-refractivity contribution in [3.63, 3.8) is 0 Å². The second kappa shape index (κ2) is 5.96. The van der Waals surface area contributed by atoms with Crippen LogP contribution in [0, 0.1) is 0 Å². The van der Waals surface area contributed by atoms with E-state index in [-0.39, 0.29) is 0 Å². The van der Waals surface area contributed by atoms with Crippen LogP contribution in [-0.4, -0.2) is 74.5 Å². The van der Waals surface area contributed by atoms with Gasteiger partial charge in [0.05, 0.1) is 0 Å². The van der Waals surface area contributed by atoms with E-state index < -0.39 is 11.7 Å². The molecule has 1 amide bonds. The van der Waals surface area contributed by atoms with Crippen molar-refractivity contribution in [2.75, 3.05) is 53.9 Å². The smallest absolute Gasteiger partial charge is 0.282 e. The predicted octanol–water partition coefficient (Wildman–Crippen LogP) is 0.175. The first-order valence-electron chi connectivity index (χ1n) is 5.49. The Kier molecular flexibility index (Phi) is 4.89. The molecule has 0 aromatic rings. The molecule has 1 saturated heterocycles. The minimum Gasteiger partial charge on any atom is -0.334 e. The Labute approximate surface area is 96.3 Å². The van der Waals surface area contributed by atoms with Crippen LogP contribution in [0.5, 0.6) is 0 Å². The first kappa shape index (κ1) is 13.1. The maximum atomic E-state index is 13.5. The SMILES string of the molecule is CN(C)C/C=C(\F)C(=O)N1CCN(C)CC1. The lowest BCUT2D eigenvalue weighted by Gasteiger charge is -2.31. The average Bonchev–Trinajstić information content (AvgIpc) is 2.26. The Hall–Kier alpha value is -0.940. The molecular formula is C11H20FN3O. The van der Waals surface area contributed by atoms with Crippen LogP contribution in [0.3, 0.4) is 0 Å². The summed E-state index contributed by atoms with van der Waals surface area (Å²) in [5.74, 6) is -1.12. The Bertz CT molecular complexity index is 270. The molecule has 0 aliphatic carbocycles. The third-order valence-electron chi connectivity index (χ3n) is 2.63. The molecule has 1 aliphatic rings. The highest BCUT2D eigenvalue weighted by Crippen LogP contribution is 2.07. The third kappa shape index (κ3) is 3.90. The van der Waals surface area contributed by atoms with E-state index in [4.69, 9.17) is 0 Å². The van der Waals surface area contributed by atoms with Crippen molar-refractivity contribution in [2.45, 2.75) is 0 Å². The van der Waals surface area contributed by atoms with Gasteiger partial charge in [-0.25, -0.2) is 4.39 Å². The van der Waals surface area contributed by atoms with Crippen LogP contribution in [0.1, 0.15) is 0 Å². The van der Waals surface area contributed by atoms with Gasteiger partial charge in [0.2, 0.25) is 0 Å². The quantitative estimate of drug-likeness (QED) is 0.646. The molecule has 0 aromatic heterocycles. The summed E-state index contributed by atoms with van der Waals surface area (Å²) in [5, 5.41) is 0. The van der Waals surface area contributed by atoms with E-state index in [0.717, 1.165) is 13.1 Å². The fraction of sp³-hybridized carbons (Fsp3) is 0.727. The first-order chi connectivity index (χ1) is 7.50. The van der Waals surface area contributed by atoms with Gasteiger partial charge in [-0.3, -0.25) is 4.79 Å². The van der Waals surface area contributed by atoms with Crippen molar-refractivity contribution in [1.82, 2.24) is 14.7 Å². The van der Waals surface area contributed by atoms with Crippen LogP contribution in [0.25, 0.3) is 0 Å². The molecule has 5 heteroatoms. The van der Waals surface area contributed by atoms with E-state index in [9.17, 15) is 9.18 Å². The zero-order valence-electron chi connectivity index (χ0n) is 10.2. The normalized spacial score (nSPS) is 19.3.